The van der Waals surface area contributed by atoms with Crippen LogP contribution in [0.5, 0.6) is 11.5 Å². The Kier molecular flexibility index (Phi) is 5.55. The van der Waals surface area contributed by atoms with Crippen molar-refractivity contribution < 1.29 is 37.7 Å². The molecule has 1 amide bonds. The van der Waals surface area contributed by atoms with Gasteiger partial charge in [-0.3, -0.25) is 9.59 Å². The number of halogens is 2. The number of nitrogens with one attached hydrogen (secondary N) is 1. The van der Waals surface area contributed by atoms with Gasteiger partial charge in [0.2, 0.25) is 0 Å². The maximum Gasteiger partial charge on any atom is 0.387 e. The SMILES string of the molecule is COc1ccc(C(=O)NC2(CC(=O)O)CCOC2)cc1OC(F)F. The Bertz CT molecular complexity index is 616. The van der Waals surface area contributed by atoms with Crippen molar-refractivity contribution in [1.82, 2.24) is 5.32 Å². The summed E-state index contributed by atoms with van der Waals surface area (Å²) in [5, 5.41) is 11.6. The molecule has 1 fully saturated rings. The molecular formula is C15H17F2NO6. The Morgan fingerprint density at radius 3 is 2.71 bits per heavy atom. The lowest BCUT2D eigenvalue weighted by molar-refractivity contribution is -0.138. The van der Waals surface area contributed by atoms with Gasteiger partial charge in [0.25, 0.3) is 5.91 Å². The number of aliphatic carboxylic acids is 1. The summed E-state index contributed by atoms with van der Waals surface area (Å²) in [6.07, 6.45) is 0.0525. The smallest absolute Gasteiger partial charge is 0.387 e. The topological polar surface area (TPSA) is 94.1 Å². The number of hydrogen-bond acceptors (Lipinski definition) is 5. The Morgan fingerprint density at radius 2 is 2.17 bits per heavy atom. The van der Waals surface area contributed by atoms with E-state index in [1.165, 1.54) is 19.2 Å². The third-order valence-electron chi connectivity index (χ3n) is 3.61. The summed E-state index contributed by atoms with van der Waals surface area (Å²) in [4.78, 5) is 23.4. The van der Waals surface area contributed by atoms with E-state index in [0.717, 1.165) is 6.07 Å². The number of rotatable bonds is 7. The van der Waals surface area contributed by atoms with Crippen LogP contribution in [0, 0.1) is 0 Å². The summed E-state index contributed by atoms with van der Waals surface area (Å²) in [5.41, 5.74) is -0.977. The largest absolute Gasteiger partial charge is 0.493 e. The molecule has 1 aliphatic rings. The molecule has 1 aromatic rings. The highest BCUT2D eigenvalue weighted by molar-refractivity contribution is 5.95. The third kappa shape index (κ3) is 4.31. The van der Waals surface area contributed by atoms with Gasteiger partial charge < -0.3 is 24.6 Å². The van der Waals surface area contributed by atoms with Crippen molar-refractivity contribution in [3.8, 4) is 11.5 Å². The van der Waals surface area contributed by atoms with Gasteiger partial charge in [-0.05, 0) is 24.6 Å². The first-order chi connectivity index (χ1) is 11.3. The van der Waals surface area contributed by atoms with Crippen LogP contribution in [-0.2, 0) is 9.53 Å². The van der Waals surface area contributed by atoms with Crippen molar-refractivity contribution >= 4 is 11.9 Å². The number of carboxylic acid groups (broad SMARTS) is 1. The molecule has 1 saturated heterocycles. The quantitative estimate of drug-likeness (QED) is 0.781. The monoisotopic (exact) mass is 345 g/mol. The normalized spacial score (nSPS) is 20.0. The number of carbonyl (C=O) groups excluding carboxylic acids is 1. The number of hydrogen-bond donors (Lipinski definition) is 2. The number of methoxy groups -OCH3 is 1. The molecule has 1 heterocycles. The summed E-state index contributed by atoms with van der Waals surface area (Å²) in [6, 6.07) is 3.81. The van der Waals surface area contributed by atoms with Crippen LogP contribution in [0.25, 0.3) is 0 Å². The molecule has 0 saturated carbocycles. The number of benzene rings is 1. The molecule has 1 atom stereocenters. The summed E-state index contributed by atoms with van der Waals surface area (Å²) < 4.78 is 39.3. The molecule has 2 rings (SSSR count). The molecular weight excluding hydrogens is 328 g/mol. The van der Waals surface area contributed by atoms with Gasteiger partial charge in [-0.1, -0.05) is 0 Å². The molecule has 24 heavy (non-hydrogen) atoms. The maximum absolute atomic E-state index is 12.4. The fourth-order valence-corrected chi connectivity index (χ4v) is 2.50. The first kappa shape index (κ1) is 17.9. The van der Waals surface area contributed by atoms with Crippen LogP contribution in [0.1, 0.15) is 23.2 Å². The highest BCUT2D eigenvalue weighted by Gasteiger charge is 2.38. The van der Waals surface area contributed by atoms with Gasteiger partial charge in [0.15, 0.2) is 11.5 Å². The second kappa shape index (κ2) is 7.43. The van der Waals surface area contributed by atoms with Gasteiger partial charge in [-0.15, -0.1) is 0 Å². The van der Waals surface area contributed by atoms with Crippen molar-refractivity contribution in [1.29, 1.82) is 0 Å². The predicted octanol–water partition coefficient (Wildman–Crippen LogP) is 1.66. The zero-order valence-corrected chi connectivity index (χ0v) is 12.9. The van der Waals surface area contributed by atoms with Crippen LogP contribution < -0.4 is 14.8 Å². The minimum absolute atomic E-state index is 0.0445. The lowest BCUT2D eigenvalue weighted by atomic mass is 9.93. The summed E-state index contributed by atoms with van der Waals surface area (Å²) in [5.74, 6) is -1.91. The molecule has 0 aliphatic carbocycles. The van der Waals surface area contributed by atoms with E-state index in [1.807, 2.05) is 0 Å². The Hall–Kier alpha value is -2.42. The van der Waals surface area contributed by atoms with Crippen molar-refractivity contribution in [2.24, 2.45) is 0 Å². The van der Waals surface area contributed by atoms with E-state index in [9.17, 15) is 18.4 Å². The van der Waals surface area contributed by atoms with Crippen LogP contribution in [0.2, 0.25) is 0 Å². The number of amides is 1. The minimum atomic E-state index is -3.07. The van der Waals surface area contributed by atoms with E-state index in [-0.39, 0.29) is 30.1 Å². The standard InChI is InChI=1S/C15H17F2NO6/c1-22-10-3-2-9(6-11(10)24-14(16)17)13(21)18-15(7-12(19)20)4-5-23-8-15/h2-3,6,14H,4-5,7-8H2,1H3,(H,18,21)(H,19,20). The molecule has 132 valence electrons. The zero-order chi connectivity index (χ0) is 17.7. The molecule has 9 heteroatoms. The molecule has 1 unspecified atom stereocenters. The molecule has 0 bridgehead atoms. The third-order valence-corrected chi connectivity index (χ3v) is 3.61. The van der Waals surface area contributed by atoms with Crippen LogP contribution in [0.15, 0.2) is 18.2 Å². The number of carboxylic acids is 1. The van der Waals surface area contributed by atoms with Crippen LogP contribution >= 0.6 is 0 Å². The first-order valence-corrected chi connectivity index (χ1v) is 7.10. The Labute approximate surface area is 136 Å². The number of alkyl halides is 2. The lowest BCUT2D eigenvalue weighted by Gasteiger charge is -2.27. The van der Waals surface area contributed by atoms with Gasteiger partial charge in [-0.2, -0.15) is 8.78 Å². The highest BCUT2D eigenvalue weighted by Crippen LogP contribution is 2.30. The van der Waals surface area contributed by atoms with Gasteiger partial charge >= 0.3 is 12.6 Å². The van der Waals surface area contributed by atoms with Crippen molar-refractivity contribution in [3.05, 3.63) is 23.8 Å². The van der Waals surface area contributed by atoms with Gasteiger partial charge in [0.1, 0.15) is 0 Å². The maximum atomic E-state index is 12.4. The van der Waals surface area contributed by atoms with Crippen LogP contribution in [-0.4, -0.2) is 49.5 Å². The second-order valence-corrected chi connectivity index (χ2v) is 5.35. The van der Waals surface area contributed by atoms with Crippen molar-refractivity contribution in [3.63, 3.8) is 0 Å². The van der Waals surface area contributed by atoms with E-state index >= 15 is 0 Å². The summed E-state index contributed by atoms with van der Waals surface area (Å²) in [7, 11) is 1.28. The predicted molar refractivity (Wildman–Crippen MR) is 77.5 cm³/mol. The van der Waals surface area contributed by atoms with E-state index < -0.39 is 24.0 Å². The van der Waals surface area contributed by atoms with E-state index in [0.29, 0.717) is 13.0 Å². The average Bonchev–Trinajstić information content (AvgIpc) is 2.93. The fourth-order valence-electron chi connectivity index (χ4n) is 2.50. The molecule has 0 spiro atoms. The van der Waals surface area contributed by atoms with Crippen molar-refractivity contribution in [2.75, 3.05) is 20.3 Å². The van der Waals surface area contributed by atoms with Crippen LogP contribution in [0.3, 0.4) is 0 Å². The van der Waals surface area contributed by atoms with Gasteiger partial charge in [-0.25, -0.2) is 0 Å². The molecule has 2 N–H and O–H groups in total. The summed E-state index contributed by atoms with van der Waals surface area (Å²) >= 11 is 0. The molecule has 0 aromatic heterocycles. The van der Waals surface area contributed by atoms with Gasteiger partial charge in [0.05, 0.1) is 25.7 Å². The Morgan fingerprint density at radius 1 is 1.42 bits per heavy atom. The zero-order valence-electron chi connectivity index (χ0n) is 12.9. The number of ether oxygens (including phenoxy) is 3. The van der Waals surface area contributed by atoms with E-state index in [4.69, 9.17) is 14.6 Å². The van der Waals surface area contributed by atoms with Gasteiger partial charge in [0, 0.05) is 12.2 Å². The molecule has 7 nitrogen and oxygen atoms in total. The number of carbonyl (C=O) groups is 2. The lowest BCUT2D eigenvalue weighted by Crippen LogP contribution is -2.50. The second-order valence-electron chi connectivity index (χ2n) is 5.35. The molecule has 1 aliphatic heterocycles. The highest BCUT2D eigenvalue weighted by atomic mass is 19.3. The molecule has 0 radical (unpaired) electrons. The fraction of sp³-hybridized carbons (Fsp3) is 0.467. The van der Waals surface area contributed by atoms with E-state index in [2.05, 4.69) is 10.1 Å². The minimum Gasteiger partial charge on any atom is -0.493 e. The average molecular weight is 345 g/mol. The summed E-state index contributed by atoms with van der Waals surface area (Å²) in [6.45, 7) is -2.67. The first-order valence-electron chi connectivity index (χ1n) is 7.10. The molecule has 1 aromatic carbocycles. The van der Waals surface area contributed by atoms with E-state index in [1.54, 1.807) is 0 Å². The van der Waals surface area contributed by atoms with Crippen LogP contribution in [0.4, 0.5) is 8.78 Å². The van der Waals surface area contributed by atoms with Crippen molar-refractivity contribution in [2.45, 2.75) is 25.0 Å². The Balaban J connectivity index is 2.20.